The molecule has 142 valence electrons. The highest BCUT2D eigenvalue weighted by Gasteiger charge is 2.27. The third-order valence-electron chi connectivity index (χ3n) is 4.83. The molecule has 2 aliphatic heterocycles. The molecule has 0 aliphatic carbocycles. The van der Waals surface area contributed by atoms with E-state index in [2.05, 4.69) is 17.4 Å². The predicted octanol–water partition coefficient (Wildman–Crippen LogP) is 2.64. The summed E-state index contributed by atoms with van der Waals surface area (Å²) in [4.78, 5) is 26.3. The van der Waals surface area contributed by atoms with Crippen molar-refractivity contribution in [3.8, 4) is 0 Å². The zero-order chi connectivity index (χ0) is 19.2. The normalized spacial score (nSPS) is 19.6. The molecule has 1 fully saturated rings. The van der Waals surface area contributed by atoms with Crippen LogP contribution in [0.15, 0.2) is 60.0 Å². The minimum absolute atomic E-state index is 0.126. The van der Waals surface area contributed by atoms with Gasteiger partial charge in [0, 0.05) is 18.4 Å². The molecule has 1 atom stereocenters. The smallest absolute Gasteiger partial charge is 0.355 e. The van der Waals surface area contributed by atoms with Gasteiger partial charge >= 0.3 is 11.9 Å². The van der Waals surface area contributed by atoms with Gasteiger partial charge in [-0.15, -0.1) is 0 Å². The number of hydrogen-bond donors (Lipinski definition) is 1. The Morgan fingerprint density at radius 1 is 1.07 bits per heavy atom. The number of ether oxygens (including phenoxy) is 2. The number of nitrogens with one attached hydrogen (secondary N) is 1. The third kappa shape index (κ3) is 4.11. The summed E-state index contributed by atoms with van der Waals surface area (Å²) in [5, 5.41) is 3.42. The molecule has 6 nitrogen and oxygen atoms in total. The predicted molar refractivity (Wildman–Crippen MR) is 103 cm³/mol. The van der Waals surface area contributed by atoms with Crippen molar-refractivity contribution < 1.29 is 19.1 Å². The van der Waals surface area contributed by atoms with Gasteiger partial charge < -0.3 is 19.7 Å². The van der Waals surface area contributed by atoms with E-state index >= 15 is 0 Å². The topological polar surface area (TPSA) is 67.9 Å². The van der Waals surface area contributed by atoms with Gasteiger partial charge in [-0.2, -0.15) is 0 Å². The Bertz CT molecular complexity index is 787. The van der Waals surface area contributed by atoms with Crippen molar-refractivity contribution in [1.82, 2.24) is 5.32 Å². The maximum atomic E-state index is 12.4. The molecule has 0 aromatic heterocycles. The molecule has 0 saturated carbocycles. The Kier molecular flexibility index (Phi) is 6.08. The first-order chi connectivity index (χ1) is 13.2. The van der Waals surface area contributed by atoms with Crippen molar-refractivity contribution in [3.05, 3.63) is 65.5 Å². The molecule has 2 aliphatic rings. The van der Waals surface area contributed by atoms with Crippen molar-refractivity contribution in [2.75, 3.05) is 32.2 Å². The van der Waals surface area contributed by atoms with Crippen LogP contribution in [0.3, 0.4) is 0 Å². The Hall–Kier alpha value is -2.86. The molecule has 0 bridgehead atoms. The number of rotatable bonds is 4. The van der Waals surface area contributed by atoms with Crippen molar-refractivity contribution in [2.45, 2.75) is 18.8 Å². The zero-order valence-corrected chi connectivity index (χ0v) is 15.6. The number of allylic oxidation sites excluding steroid dienone is 2. The van der Waals surface area contributed by atoms with Crippen molar-refractivity contribution >= 4 is 17.6 Å². The first-order valence-corrected chi connectivity index (χ1v) is 9.01. The van der Waals surface area contributed by atoms with E-state index in [1.54, 1.807) is 29.3 Å². The van der Waals surface area contributed by atoms with Crippen LogP contribution >= 0.6 is 0 Å². The van der Waals surface area contributed by atoms with E-state index in [9.17, 15) is 9.59 Å². The maximum Gasteiger partial charge on any atom is 0.355 e. The SMILES string of the molecule is COC(=O)C1=C(C(=O)OC)N(c2ccc(C3CCCNC3)cc2)C=CC=C1. The average molecular weight is 368 g/mol. The number of carbonyl (C=O) groups is 2. The van der Waals surface area contributed by atoms with Gasteiger partial charge in [0.1, 0.15) is 5.70 Å². The number of benzene rings is 1. The largest absolute Gasteiger partial charge is 0.465 e. The van der Waals surface area contributed by atoms with Crippen LogP contribution < -0.4 is 10.2 Å². The first kappa shape index (κ1) is 18.9. The summed E-state index contributed by atoms with van der Waals surface area (Å²) >= 11 is 0. The molecule has 0 spiro atoms. The number of methoxy groups -OCH3 is 2. The van der Waals surface area contributed by atoms with Crippen LogP contribution in [0.4, 0.5) is 5.69 Å². The molecule has 1 aromatic carbocycles. The molecule has 0 radical (unpaired) electrons. The molecule has 3 rings (SSSR count). The lowest BCUT2D eigenvalue weighted by molar-refractivity contribution is -0.139. The van der Waals surface area contributed by atoms with Gasteiger partial charge in [-0.25, -0.2) is 9.59 Å². The molecule has 1 saturated heterocycles. The van der Waals surface area contributed by atoms with Gasteiger partial charge in [-0.1, -0.05) is 18.2 Å². The number of piperidine rings is 1. The fraction of sp³-hybridized carbons (Fsp3) is 0.333. The van der Waals surface area contributed by atoms with E-state index < -0.39 is 11.9 Å². The van der Waals surface area contributed by atoms with E-state index in [4.69, 9.17) is 9.47 Å². The highest BCUT2D eigenvalue weighted by Crippen LogP contribution is 2.29. The number of anilines is 1. The van der Waals surface area contributed by atoms with Gasteiger partial charge in [-0.05, 0) is 55.2 Å². The van der Waals surface area contributed by atoms with Crippen molar-refractivity contribution in [2.24, 2.45) is 0 Å². The lowest BCUT2D eigenvalue weighted by Crippen LogP contribution is -2.28. The summed E-state index contributed by atoms with van der Waals surface area (Å²) in [6, 6.07) is 8.06. The highest BCUT2D eigenvalue weighted by molar-refractivity contribution is 6.05. The second-order valence-electron chi connectivity index (χ2n) is 6.45. The van der Waals surface area contributed by atoms with Gasteiger partial charge in [0.05, 0.1) is 19.8 Å². The summed E-state index contributed by atoms with van der Waals surface area (Å²) in [6.45, 7) is 2.05. The molecule has 1 unspecified atom stereocenters. The minimum Gasteiger partial charge on any atom is -0.465 e. The summed E-state index contributed by atoms with van der Waals surface area (Å²) < 4.78 is 9.75. The minimum atomic E-state index is -0.604. The molecule has 6 heteroatoms. The second-order valence-corrected chi connectivity index (χ2v) is 6.45. The summed E-state index contributed by atoms with van der Waals surface area (Å²) in [5.74, 6) is -0.701. The van der Waals surface area contributed by atoms with Crippen LogP contribution in [0.2, 0.25) is 0 Å². The number of hydrogen-bond acceptors (Lipinski definition) is 6. The fourth-order valence-electron chi connectivity index (χ4n) is 3.41. The average Bonchev–Trinajstić information content (AvgIpc) is 2.96. The lowest BCUT2D eigenvalue weighted by Gasteiger charge is -2.25. The zero-order valence-electron chi connectivity index (χ0n) is 15.6. The number of carbonyl (C=O) groups excluding carboxylic acids is 2. The van der Waals surface area contributed by atoms with E-state index in [-0.39, 0.29) is 11.3 Å². The Labute approximate surface area is 159 Å². The van der Waals surface area contributed by atoms with Crippen LogP contribution in [0.5, 0.6) is 0 Å². The molecule has 1 aromatic rings. The molecular formula is C21H24N2O4. The summed E-state index contributed by atoms with van der Waals surface area (Å²) in [6.07, 6.45) is 9.08. The third-order valence-corrected chi connectivity index (χ3v) is 4.83. The molecule has 27 heavy (non-hydrogen) atoms. The van der Waals surface area contributed by atoms with Gasteiger partial charge in [0.15, 0.2) is 0 Å². The second kappa shape index (κ2) is 8.68. The summed E-state index contributed by atoms with van der Waals surface area (Å²) in [5.41, 5.74) is 2.31. The monoisotopic (exact) mass is 368 g/mol. The van der Waals surface area contributed by atoms with Crippen LogP contribution in [0, 0.1) is 0 Å². The fourth-order valence-corrected chi connectivity index (χ4v) is 3.41. The van der Waals surface area contributed by atoms with Crippen LogP contribution in [0.1, 0.15) is 24.3 Å². The Morgan fingerprint density at radius 3 is 2.44 bits per heavy atom. The van der Waals surface area contributed by atoms with Gasteiger partial charge in [0.25, 0.3) is 0 Å². The Morgan fingerprint density at radius 2 is 1.81 bits per heavy atom. The van der Waals surface area contributed by atoms with E-state index in [0.29, 0.717) is 5.92 Å². The van der Waals surface area contributed by atoms with Gasteiger partial charge in [0.2, 0.25) is 0 Å². The van der Waals surface area contributed by atoms with E-state index in [0.717, 1.165) is 18.8 Å². The van der Waals surface area contributed by atoms with Crippen molar-refractivity contribution in [3.63, 3.8) is 0 Å². The lowest BCUT2D eigenvalue weighted by atomic mass is 9.91. The number of nitrogens with zero attached hydrogens (tertiary/aromatic N) is 1. The first-order valence-electron chi connectivity index (χ1n) is 9.01. The molecular weight excluding hydrogens is 344 g/mol. The molecule has 2 heterocycles. The molecule has 1 N–H and O–H groups in total. The standard InChI is InChI=1S/C21H24N2O4/c1-26-20(24)18-7-3-4-13-23(19(18)21(25)27-2)17-10-8-15(9-11-17)16-6-5-12-22-14-16/h3-4,7-11,13,16,22H,5-6,12,14H2,1-2H3. The van der Waals surface area contributed by atoms with E-state index in [1.165, 1.54) is 32.6 Å². The van der Waals surface area contributed by atoms with Crippen molar-refractivity contribution in [1.29, 1.82) is 0 Å². The maximum absolute atomic E-state index is 12.4. The van der Waals surface area contributed by atoms with Crippen LogP contribution in [-0.2, 0) is 19.1 Å². The van der Waals surface area contributed by atoms with Gasteiger partial charge in [-0.3, -0.25) is 0 Å². The molecule has 0 amide bonds. The highest BCUT2D eigenvalue weighted by atomic mass is 16.5. The quantitative estimate of drug-likeness (QED) is 0.824. The summed E-state index contributed by atoms with van der Waals surface area (Å²) in [7, 11) is 2.58. The van der Waals surface area contributed by atoms with Crippen LogP contribution in [0.25, 0.3) is 0 Å². The Balaban J connectivity index is 1.97. The number of esters is 2. The van der Waals surface area contributed by atoms with E-state index in [1.807, 2.05) is 12.1 Å². The van der Waals surface area contributed by atoms with Crippen LogP contribution in [-0.4, -0.2) is 39.2 Å².